The standard InChI is InChI=1S/C12H18N2O3/c1-4-9(12(13)14-15)8-5-6-10(16-2)11(7-8)17-3/h5-7,9,15H,4H2,1-3H3,(H2,13,14). The van der Waals surface area contributed by atoms with Gasteiger partial charge in [0.15, 0.2) is 11.5 Å². The van der Waals surface area contributed by atoms with Gasteiger partial charge in [-0.05, 0) is 24.1 Å². The number of benzene rings is 1. The largest absolute Gasteiger partial charge is 0.493 e. The van der Waals surface area contributed by atoms with Crippen LogP contribution < -0.4 is 15.2 Å². The molecule has 0 fully saturated rings. The molecule has 0 saturated carbocycles. The SMILES string of the molecule is CCC(C(N)=NO)c1ccc(OC)c(OC)c1. The van der Waals surface area contributed by atoms with Crippen molar-refractivity contribution in [3.63, 3.8) is 0 Å². The third kappa shape index (κ3) is 2.81. The highest BCUT2D eigenvalue weighted by atomic mass is 16.5. The van der Waals surface area contributed by atoms with E-state index in [2.05, 4.69) is 5.16 Å². The van der Waals surface area contributed by atoms with Crippen molar-refractivity contribution in [2.24, 2.45) is 10.9 Å². The molecule has 0 radical (unpaired) electrons. The van der Waals surface area contributed by atoms with E-state index in [9.17, 15) is 0 Å². The molecule has 1 rings (SSSR count). The van der Waals surface area contributed by atoms with Crippen LogP contribution in [0.3, 0.4) is 0 Å². The normalized spacial score (nSPS) is 13.2. The van der Waals surface area contributed by atoms with Crippen LogP contribution in [-0.2, 0) is 0 Å². The molecule has 0 saturated heterocycles. The lowest BCUT2D eigenvalue weighted by Gasteiger charge is -2.16. The second kappa shape index (κ2) is 5.98. The Labute approximate surface area is 101 Å². The highest BCUT2D eigenvalue weighted by Crippen LogP contribution is 2.31. The van der Waals surface area contributed by atoms with Crippen LogP contribution in [0, 0.1) is 0 Å². The summed E-state index contributed by atoms with van der Waals surface area (Å²) in [5.74, 6) is 1.36. The Hall–Kier alpha value is -1.91. The summed E-state index contributed by atoms with van der Waals surface area (Å²) in [6.07, 6.45) is 0.741. The molecule has 1 aromatic carbocycles. The Kier molecular flexibility index (Phi) is 4.63. The van der Waals surface area contributed by atoms with E-state index in [0.717, 1.165) is 12.0 Å². The number of amidine groups is 1. The van der Waals surface area contributed by atoms with E-state index < -0.39 is 0 Å². The average Bonchev–Trinajstić information content (AvgIpc) is 2.38. The number of oxime groups is 1. The van der Waals surface area contributed by atoms with Gasteiger partial charge < -0.3 is 20.4 Å². The summed E-state index contributed by atoms with van der Waals surface area (Å²) < 4.78 is 10.4. The molecule has 17 heavy (non-hydrogen) atoms. The van der Waals surface area contributed by atoms with Crippen molar-refractivity contribution in [1.82, 2.24) is 0 Å². The van der Waals surface area contributed by atoms with Gasteiger partial charge in [-0.15, -0.1) is 0 Å². The van der Waals surface area contributed by atoms with Crippen molar-refractivity contribution >= 4 is 5.84 Å². The monoisotopic (exact) mass is 238 g/mol. The smallest absolute Gasteiger partial charge is 0.161 e. The lowest BCUT2D eigenvalue weighted by Crippen LogP contribution is -2.21. The fraction of sp³-hybridized carbons (Fsp3) is 0.417. The van der Waals surface area contributed by atoms with Gasteiger partial charge >= 0.3 is 0 Å². The summed E-state index contributed by atoms with van der Waals surface area (Å²) >= 11 is 0. The van der Waals surface area contributed by atoms with Gasteiger partial charge in [0.25, 0.3) is 0 Å². The molecule has 0 heterocycles. The molecule has 1 atom stereocenters. The Morgan fingerprint density at radius 3 is 2.47 bits per heavy atom. The summed E-state index contributed by atoms with van der Waals surface area (Å²) in [5.41, 5.74) is 6.58. The van der Waals surface area contributed by atoms with E-state index in [1.807, 2.05) is 25.1 Å². The maximum Gasteiger partial charge on any atom is 0.161 e. The predicted molar refractivity (Wildman–Crippen MR) is 66.0 cm³/mol. The van der Waals surface area contributed by atoms with Gasteiger partial charge in [0.1, 0.15) is 5.84 Å². The number of hydrogen-bond acceptors (Lipinski definition) is 4. The molecule has 94 valence electrons. The van der Waals surface area contributed by atoms with Gasteiger partial charge in [-0.3, -0.25) is 0 Å². The van der Waals surface area contributed by atoms with Crippen LogP contribution in [0.25, 0.3) is 0 Å². The third-order valence-electron chi connectivity index (χ3n) is 2.69. The van der Waals surface area contributed by atoms with E-state index in [0.29, 0.717) is 11.5 Å². The molecule has 0 aliphatic carbocycles. The molecule has 0 aliphatic heterocycles. The van der Waals surface area contributed by atoms with Crippen molar-refractivity contribution in [3.8, 4) is 11.5 Å². The first-order chi connectivity index (χ1) is 8.17. The Morgan fingerprint density at radius 2 is 2.00 bits per heavy atom. The van der Waals surface area contributed by atoms with E-state index in [-0.39, 0.29) is 11.8 Å². The van der Waals surface area contributed by atoms with Crippen LogP contribution in [0.5, 0.6) is 11.5 Å². The lowest BCUT2D eigenvalue weighted by atomic mass is 9.95. The minimum Gasteiger partial charge on any atom is -0.493 e. The van der Waals surface area contributed by atoms with Crippen molar-refractivity contribution in [2.45, 2.75) is 19.3 Å². The predicted octanol–water partition coefficient (Wildman–Crippen LogP) is 1.94. The minimum atomic E-state index is -0.125. The second-order valence-electron chi connectivity index (χ2n) is 3.60. The fourth-order valence-corrected chi connectivity index (χ4v) is 1.75. The topological polar surface area (TPSA) is 77.1 Å². The summed E-state index contributed by atoms with van der Waals surface area (Å²) in [5, 5.41) is 11.8. The minimum absolute atomic E-state index is 0.125. The van der Waals surface area contributed by atoms with Crippen LogP contribution in [-0.4, -0.2) is 25.3 Å². The number of rotatable bonds is 5. The zero-order chi connectivity index (χ0) is 12.8. The maximum atomic E-state index is 8.73. The molecule has 0 spiro atoms. The van der Waals surface area contributed by atoms with E-state index in [1.165, 1.54) is 0 Å². The summed E-state index contributed by atoms with van der Waals surface area (Å²) in [6, 6.07) is 5.53. The van der Waals surface area contributed by atoms with Crippen molar-refractivity contribution in [2.75, 3.05) is 14.2 Å². The molecule has 1 aromatic rings. The average molecular weight is 238 g/mol. The summed E-state index contributed by atoms with van der Waals surface area (Å²) in [4.78, 5) is 0. The first-order valence-electron chi connectivity index (χ1n) is 5.37. The zero-order valence-electron chi connectivity index (χ0n) is 10.3. The Morgan fingerprint density at radius 1 is 1.35 bits per heavy atom. The Bertz CT molecular complexity index is 405. The van der Waals surface area contributed by atoms with Crippen molar-refractivity contribution < 1.29 is 14.7 Å². The Balaban J connectivity index is 3.13. The third-order valence-corrected chi connectivity index (χ3v) is 2.69. The van der Waals surface area contributed by atoms with E-state index >= 15 is 0 Å². The number of hydrogen-bond donors (Lipinski definition) is 2. The van der Waals surface area contributed by atoms with Gasteiger partial charge in [-0.1, -0.05) is 18.1 Å². The summed E-state index contributed by atoms with van der Waals surface area (Å²) in [6.45, 7) is 1.97. The number of methoxy groups -OCH3 is 2. The lowest BCUT2D eigenvalue weighted by molar-refractivity contribution is 0.315. The first-order valence-corrected chi connectivity index (χ1v) is 5.37. The molecule has 5 nitrogen and oxygen atoms in total. The summed E-state index contributed by atoms with van der Waals surface area (Å²) in [7, 11) is 3.16. The van der Waals surface area contributed by atoms with Crippen LogP contribution in [0.15, 0.2) is 23.4 Å². The van der Waals surface area contributed by atoms with Crippen LogP contribution in [0.1, 0.15) is 24.8 Å². The van der Waals surface area contributed by atoms with E-state index in [4.69, 9.17) is 20.4 Å². The van der Waals surface area contributed by atoms with Crippen molar-refractivity contribution in [1.29, 1.82) is 0 Å². The van der Waals surface area contributed by atoms with Gasteiger partial charge in [0.05, 0.1) is 14.2 Å². The van der Waals surface area contributed by atoms with Crippen LogP contribution in [0.4, 0.5) is 0 Å². The molecular weight excluding hydrogens is 220 g/mol. The van der Waals surface area contributed by atoms with E-state index in [1.54, 1.807) is 14.2 Å². The quantitative estimate of drug-likeness (QED) is 0.356. The van der Waals surface area contributed by atoms with Gasteiger partial charge in [-0.25, -0.2) is 0 Å². The first kappa shape index (κ1) is 13.2. The molecule has 0 aliphatic rings. The molecule has 1 unspecified atom stereocenters. The molecule has 0 aromatic heterocycles. The molecule has 0 amide bonds. The zero-order valence-corrected chi connectivity index (χ0v) is 10.3. The number of ether oxygens (including phenoxy) is 2. The molecule has 5 heteroatoms. The molecule has 3 N–H and O–H groups in total. The van der Waals surface area contributed by atoms with Crippen molar-refractivity contribution in [3.05, 3.63) is 23.8 Å². The van der Waals surface area contributed by atoms with Gasteiger partial charge in [-0.2, -0.15) is 0 Å². The van der Waals surface area contributed by atoms with Gasteiger partial charge in [0, 0.05) is 5.92 Å². The number of nitrogens with two attached hydrogens (primary N) is 1. The van der Waals surface area contributed by atoms with Gasteiger partial charge in [0.2, 0.25) is 0 Å². The van der Waals surface area contributed by atoms with Crippen LogP contribution >= 0.6 is 0 Å². The van der Waals surface area contributed by atoms with Crippen LogP contribution in [0.2, 0.25) is 0 Å². The fourth-order valence-electron chi connectivity index (χ4n) is 1.75. The number of nitrogens with zero attached hydrogens (tertiary/aromatic N) is 1. The second-order valence-corrected chi connectivity index (χ2v) is 3.60. The highest BCUT2D eigenvalue weighted by Gasteiger charge is 2.16. The highest BCUT2D eigenvalue weighted by molar-refractivity contribution is 5.87. The molecule has 0 bridgehead atoms. The molecular formula is C12H18N2O3. The maximum absolute atomic E-state index is 8.73.